The van der Waals surface area contributed by atoms with Crippen LogP contribution in [-0.4, -0.2) is 15.0 Å². The van der Waals surface area contributed by atoms with Crippen LogP contribution in [-0.2, 0) is 0 Å². The minimum absolute atomic E-state index is 0.616. The Hall–Kier alpha value is -7.63. The van der Waals surface area contributed by atoms with E-state index in [1.807, 2.05) is 60.7 Å². The van der Waals surface area contributed by atoms with E-state index in [-0.39, 0.29) is 0 Å². The fraction of sp³-hybridized carbons (Fsp3) is 0. The van der Waals surface area contributed by atoms with Gasteiger partial charge in [0, 0.05) is 38.2 Å². The lowest BCUT2D eigenvalue weighted by atomic mass is 9.97. The molecule has 0 aliphatic heterocycles. The summed E-state index contributed by atoms with van der Waals surface area (Å²) < 4.78 is 12.6. The molecule has 262 valence electrons. The van der Waals surface area contributed by atoms with Gasteiger partial charge in [-0.1, -0.05) is 146 Å². The fourth-order valence-corrected chi connectivity index (χ4v) is 7.78. The Morgan fingerprint density at radius 1 is 0.250 bits per heavy atom. The van der Waals surface area contributed by atoms with Crippen LogP contribution in [0.2, 0.25) is 0 Å². The lowest BCUT2D eigenvalue weighted by Gasteiger charge is -2.12. The molecule has 0 saturated heterocycles. The first-order chi connectivity index (χ1) is 27.7. The van der Waals surface area contributed by atoms with Gasteiger partial charge in [-0.05, 0) is 75.8 Å². The first kappa shape index (κ1) is 31.9. The molecule has 5 heteroatoms. The van der Waals surface area contributed by atoms with Crippen LogP contribution < -0.4 is 0 Å². The van der Waals surface area contributed by atoms with E-state index in [2.05, 4.69) is 127 Å². The van der Waals surface area contributed by atoms with Crippen molar-refractivity contribution in [2.45, 2.75) is 0 Å². The number of aromatic nitrogens is 3. The number of benzene rings is 8. The Kier molecular flexibility index (Phi) is 7.42. The highest BCUT2D eigenvalue weighted by Gasteiger charge is 2.17. The van der Waals surface area contributed by atoms with Crippen LogP contribution in [0.5, 0.6) is 0 Å². The molecule has 5 nitrogen and oxygen atoms in total. The third kappa shape index (κ3) is 5.53. The maximum Gasteiger partial charge on any atom is 0.164 e. The van der Waals surface area contributed by atoms with Crippen molar-refractivity contribution < 1.29 is 8.83 Å². The average Bonchev–Trinajstić information content (AvgIpc) is 3.83. The van der Waals surface area contributed by atoms with Gasteiger partial charge in [-0.25, -0.2) is 15.0 Å². The van der Waals surface area contributed by atoms with E-state index in [0.717, 1.165) is 93.9 Å². The zero-order chi connectivity index (χ0) is 37.0. The third-order valence-electron chi connectivity index (χ3n) is 10.5. The maximum absolute atomic E-state index is 6.36. The SMILES string of the molecule is c1ccc(-c2nc(-c3cccc(-c4cccc(-c5ccc6oc7cc8c(cc7c6c5)oc5ccccc58)c4)c3)nc(-c3ccccc3-c3ccccc3)n2)cc1. The van der Waals surface area contributed by atoms with Gasteiger partial charge in [-0.3, -0.25) is 0 Å². The molecule has 3 aromatic heterocycles. The van der Waals surface area contributed by atoms with Gasteiger partial charge in [0.25, 0.3) is 0 Å². The van der Waals surface area contributed by atoms with E-state index in [4.69, 9.17) is 23.8 Å². The number of furan rings is 2. The molecule has 0 unspecified atom stereocenters. The van der Waals surface area contributed by atoms with Crippen LogP contribution in [0.1, 0.15) is 0 Å². The number of fused-ring (bicyclic) bond motifs is 6. The van der Waals surface area contributed by atoms with Gasteiger partial charge in [-0.2, -0.15) is 0 Å². The first-order valence-corrected chi connectivity index (χ1v) is 18.7. The topological polar surface area (TPSA) is 65.0 Å². The van der Waals surface area contributed by atoms with Crippen molar-refractivity contribution >= 4 is 43.9 Å². The molecule has 56 heavy (non-hydrogen) atoms. The molecule has 0 amide bonds. The smallest absolute Gasteiger partial charge is 0.164 e. The average molecular weight is 718 g/mol. The summed E-state index contributed by atoms with van der Waals surface area (Å²) in [7, 11) is 0. The van der Waals surface area contributed by atoms with Crippen molar-refractivity contribution in [1.29, 1.82) is 0 Å². The molecule has 0 aliphatic rings. The molecule has 11 aromatic rings. The molecule has 0 aliphatic carbocycles. The number of nitrogens with zero attached hydrogens (tertiary/aromatic N) is 3. The van der Waals surface area contributed by atoms with Crippen LogP contribution >= 0.6 is 0 Å². The molecule has 3 heterocycles. The second-order valence-electron chi connectivity index (χ2n) is 14.0. The first-order valence-electron chi connectivity index (χ1n) is 18.7. The van der Waals surface area contributed by atoms with Crippen molar-refractivity contribution in [2.24, 2.45) is 0 Å². The molecule has 0 spiro atoms. The highest BCUT2D eigenvalue weighted by Crippen LogP contribution is 2.39. The molecule has 0 atom stereocenters. The highest BCUT2D eigenvalue weighted by atomic mass is 16.3. The largest absolute Gasteiger partial charge is 0.456 e. The minimum Gasteiger partial charge on any atom is -0.456 e. The second kappa shape index (κ2) is 13.0. The van der Waals surface area contributed by atoms with Gasteiger partial charge in [0.15, 0.2) is 17.5 Å². The zero-order valence-corrected chi connectivity index (χ0v) is 30.1. The lowest BCUT2D eigenvalue weighted by molar-refractivity contribution is 0.664. The predicted octanol–water partition coefficient (Wildman–Crippen LogP) is 13.7. The number of para-hydroxylation sites is 1. The van der Waals surface area contributed by atoms with E-state index in [1.54, 1.807) is 0 Å². The summed E-state index contributed by atoms with van der Waals surface area (Å²) in [6.07, 6.45) is 0. The van der Waals surface area contributed by atoms with E-state index >= 15 is 0 Å². The van der Waals surface area contributed by atoms with E-state index in [1.165, 1.54) is 0 Å². The molecule has 0 saturated carbocycles. The Morgan fingerprint density at radius 2 is 0.714 bits per heavy atom. The molecular formula is C51H31N3O2. The van der Waals surface area contributed by atoms with Crippen LogP contribution in [0, 0.1) is 0 Å². The van der Waals surface area contributed by atoms with Crippen LogP contribution in [0.4, 0.5) is 0 Å². The Bertz CT molecular complexity index is 3250. The summed E-state index contributed by atoms with van der Waals surface area (Å²) >= 11 is 0. The van der Waals surface area contributed by atoms with Crippen LogP contribution in [0.15, 0.2) is 197 Å². The molecule has 0 fully saturated rings. The predicted molar refractivity (Wildman–Crippen MR) is 227 cm³/mol. The zero-order valence-electron chi connectivity index (χ0n) is 30.1. The summed E-state index contributed by atoms with van der Waals surface area (Å²) in [6, 6.07) is 64.6. The fourth-order valence-electron chi connectivity index (χ4n) is 7.78. The standard InChI is InChI=1S/C51H31N3O2/c1-3-13-32(14-4-1)39-21-7-8-23-41(39)51-53-49(33-15-5-2-6-16-33)52-50(54-51)38-20-12-19-36(28-38)34-17-11-18-35(27-34)37-25-26-46-42(29-37)44-31-47-43(30-48(44)56-46)40-22-9-10-24-45(40)55-47/h1-31H. The van der Waals surface area contributed by atoms with Gasteiger partial charge < -0.3 is 8.83 Å². The Morgan fingerprint density at radius 3 is 1.43 bits per heavy atom. The van der Waals surface area contributed by atoms with Crippen LogP contribution in [0.25, 0.3) is 111 Å². The number of hydrogen-bond donors (Lipinski definition) is 0. The minimum atomic E-state index is 0.616. The molecular weight excluding hydrogens is 687 g/mol. The van der Waals surface area contributed by atoms with Crippen molar-refractivity contribution in [3.05, 3.63) is 188 Å². The molecule has 8 aromatic carbocycles. The number of rotatable bonds is 6. The van der Waals surface area contributed by atoms with Gasteiger partial charge >= 0.3 is 0 Å². The van der Waals surface area contributed by atoms with Crippen molar-refractivity contribution in [3.63, 3.8) is 0 Å². The Labute approximate surface area is 322 Å². The quantitative estimate of drug-likeness (QED) is 0.171. The summed E-state index contributed by atoms with van der Waals surface area (Å²) in [4.78, 5) is 15.2. The van der Waals surface area contributed by atoms with E-state index in [9.17, 15) is 0 Å². The molecule has 11 rings (SSSR count). The monoisotopic (exact) mass is 717 g/mol. The van der Waals surface area contributed by atoms with Crippen molar-refractivity contribution in [2.75, 3.05) is 0 Å². The molecule has 0 N–H and O–H groups in total. The lowest BCUT2D eigenvalue weighted by Crippen LogP contribution is -2.01. The van der Waals surface area contributed by atoms with E-state index in [0.29, 0.717) is 17.5 Å². The summed E-state index contributed by atoms with van der Waals surface area (Å²) in [5, 5.41) is 4.24. The van der Waals surface area contributed by atoms with Crippen LogP contribution in [0.3, 0.4) is 0 Å². The number of hydrogen-bond acceptors (Lipinski definition) is 5. The highest BCUT2D eigenvalue weighted by molar-refractivity contribution is 6.15. The van der Waals surface area contributed by atoms with Crippen molar-refractivity contribution in [3.8, 4) is 67.5 Å². The van der Waals surface area contributed by atoms with Gasteiger partial charge in [0.05, 0.1) is 0 Å². The van der Waals surface area contributed by atoms with Crippen molar-refractivity contribution in [1.82, 2.24) is 15.0 Å². The summed E-state index contributed by atoms with van der Waals surface area (Å²) in [5.41, 5.74) is 12.8. The molecule has 0 radical (unpaired) electrons. The third-order valence-corrected chi connectivity index (χ3v) is 10.5. The van der Waals surface area contributed by atoms with Gasteiger partial charge in [0.1, 0.15) is 22.3 Å². The second-order valence-corrected chi connectivity index (χ2v) is 14.0. The molecule has 0 bridgehead atoms. The summed E-state index contributed by atoms with van der Waals surface area (Å²) in [5.74, 6) is 1.87. The Balaban J connectivity index is 0.990. The van der Waals surface area contributed by atoms with Gasteiger partial charge in [0.2, 0.25) is 0 Å². The maximum atomic E-state index is 6.36. The van der Waals surface area contributed by atoms with Gasteiger partial charge in [-0.15, -0.1) is 0 Å². The normalized spacial score (nSPS) is 11.6. The summed E-state index contributed by atoms with van der Waals surface area (Å²) in [6.45, 7) is 0. The van der Waals surface area contributed by atoms with E-state index < -0.39 is 0 Å².